The van der Waals surface area contributed by atoms with E-state index in [0.717, 1.165) is 16.0 Å². The van der Waals surface area contributed by atoms with Gasteiger partial charge in [-0.1, -0.05) is 42.5 Å². The van der Waals surface area contributed by atoms with Crippen molar-refractivity contribution in [2.75, 3.05) is 6.54 Å². The van der Waals surface area contributed by atoms with Crippen LogP contribution in [0.1, 0.15) is 36.7 Å². The molecule has 0 aliphatic heterocycles. The number of hydrogen-bond acceptors (Lipinski definition) is 5. The van der Waals surface area contributed by atoms with E-state index in [1.54, 1.807) is 24.4 Å². The van der Waals surface area contributed by atoms with Crippen LogP contribution in [0.3, 0.4) is 0 Å². The zero-order valence-electron chi connectivity index (χ0n) is 16.6. The molecule has 2 aromatic heterocycles. The lowest BCUT2D eigenvalue weighted by atomic mass is 10.1. The average molecular weight is 433 g/mol. The largest absolute Gasteiger partial charge is 0.366 e. The maximum atomic E-state index is 12.8. The van der Waals surface area contributed by atoms with Gasteiger partial charge in [-0.3, -0.25) is 18.8 Å². The molecule has 7 nitrogen and oxygen atoms in total. The molecule has 4 aromatic rings. The summed E-state index contributed by atoms with van der Waals surface area (Å²) in [6.45, 7) is 0.312. The molecule has 0 unspecified atom stereocenters. The number of carbonyl (C=O) groups excluding carboxylic acids is 2. The quantitative estimate of drug-likeness (QED) is 0.468. The van der Waals surface area contributed by atoms with Crippen LogP contribution in [0.2, 0.25) is 0 Å². The number of rotatable bonds is 7. The van der Waals surface area contributed by atoms with Crippen LogP contribution in [-0.2, 0) is 12.8 Å². The number of thiazole rings is 1. The molecular weight excluding hydrogens is 412 g/mol. The topological polar surface area (TPSA) is 107 Å². The van der Waals surface area contributed by atoms with Crippen molar-refractivity contribution >= 4 is 28.1 Å². The summed E-state index contributed by atoms with van der Waals surface area (Å²) in [6, 6.07) is 16.9. The minimum atomic E-state index is -0.499. The number of benzene rings is 2. The SMILES string of the molecule is NC(=O)c1cccc(CCNC(=O)c2cnc3sc(Cc4ccccc4)cn3c2=O)c1. The fourth-order valence-corrected chi connectivity index (χ4v) is 4.23. The highest BCUT2D eigenvalue weighted by atomic mass is 32.1. The van der Waals surface area contributed by atoms with Crippen LogP contribution in [0.4, 0.5) is 0 Å². The summed E-state index contributed by atoms with van der Waals surface area (Å²) in [6.07, 6.45) is 4.27. The van der Waals surface area contributed by atoms with Crippen molar-refractivity contribution in [2.45, 2.75) is 12.8 Å². The van der Waals surface area contributed by atoms with Crippen LogP contribution in [0, 0.1) is 0 Å². The van der Waals surface area contributed by atoms with Crippen LogP contribution in [0.5, 0.6) is 0 Å². The lowest BCUT2D eigenvalue weighted by Gasteiger charge is -2.06. The van der Waals surface area contributed by atoms with Gasteiger partial charge in [-0.05, 0) is 29.7 Å². The Labute approximate surface area is 182 Å². The Hall–Kier alpha value is -3.78. The second-order valence-electron chi connectivity index (χ2n) is 7.06. The van der Waals surface area contributed by atoms with E-state index in [1.807, 2.05) is 36.4 Å². The van der Waals surface area contributed by atoms with Crippen LogP contribution < -0.4 is 16.6 Å². The van der Waals surface area contributed by atoms with Gasteiger partial charge in [0.1, 0.15) is 5.56 Å². The molecule has 0 spiro atoms. The van der Waals surface area contributed by atoms with Crippen molar-refractivity contribution in [2.24, 2.45) is 5.73 Å². The van der Waals surface area contributed by atoms with Gasteiger partial charge in [0.2, 0.25) is 5.91 Å². The van der Waals surface area contributed by atoms with E-state index in [2.05, 4.69) is 10.3 Å². The molecule has 0 bridgehead atoms. The normalized spacial score (nSPS) is 10.8. The Balaban J connectivity index is 1.45. The van der Waals surface area contributed by atoms with E-state index < -0.39 is 17.4 Å². The summed E-state index contributed by atoms with van der Waals surface area (Å²) in [4.78, 5) is 42.5. The molecule has 0 saturated heterocycles. The summed E-state index contributed by atoms with van der Waals surface area (Å²) in [5.41, 5.74) is 7.31. The van der Waals surface area contributed by atoms with Gasteiger partial charge in [-0.15, -0.1) is 11.3 Å². The average Bonchev–Trinajstić information content (AvgIpc) is 3.18. The van der Waals surface area contributed by atoms with E-state index in [0.29, 0.717) is 29.9 Å². The summed E-state index contributed by atoms with van der Waals surface area (Å²) in [5, 5.41) is 2.74. The van der Waals surface area contributed by atoms with E-state index in [9.17, 15) is 14.4 Å². The molecule has 0 fully saturated rings. The van der Waals surface area contributed by atoms with Gasteiger partial charge < -0.3 is 11.1 Å². The first kappa shape index (κ1) is 20.5. The molecule has 2 heterocycles. The second kappa shape index (κ2) is 8.93. The van der Waals surface area contributed by atoms with Crippen LogP contribution >= 0.6 is 11.3 Å². The number of primary amides is 1. The highest BCUT2D eigenvalue weighted by Crippen LogP contribution is 2.18. The van der Waals surface area contributed by atoms with Crippen LogP contribution in [0.25, 0.3) is 4.96 Å². The molecule has 0 saturated carbocycles. The number of hydrogen-bond donors (Lipinski definition) is 2. The molecule has 4 rings (SSSR count). The third-order valence-corrected chi connectivity index (χ3v) is 5.83. The predicted octanol–water partition coefficient (Wildman–Crippen LogP) is 2.42. The molecule has 3 N–H and O–H groups in total. The molecule has 31 heavy (non-hydrogen) atoms. The molecule has 0 aliphatic rings. The molecular formula is C23H20N4O3S. The highest BCUT2D eigenvalue weighted by molar-refractivity contribution is 7.17. The van der Waals surface area contributed by atoms with Crippen molar-refractivity contribution in [1.82, 2.24) is 14.7 Å². The van der Waals surface area contributed by atoms with Crippen molar-refractivity contribution in [3.8, 4) is 0 Å². The van der Waals surface area contributed by atoms with E-state index in [-0.39, 0.29) is 5.56 Å². The summed E-state index contributed by atoms with van der Waals surface area (Å²) >= 11 is 1.43. The Morgan fingerprint density at radius 1 is 1.06 bits per heavy atom. The lowest BCUT2D eigenvalue weighted by molar-refractivity contribution is 0.0950. The first-order valence-corrected chi connectivity index (χ1v) is 10.5. The molecule has 156 valence electrons. The summed E-state index contributed by atoms with van der Waals surface area (Å²) < 4.78 is 1.42. The maximum absolute atomic E-state index is 12.8. The Bertz CT molecular complexity index is 1310. The smallest absolute Gasteiger partial charge is 0.271 e. The van der Waals surface area contributed by atoms with Crippen LogP contribution in [0.15, 0.2) is 71.8 Å². The number of nitrogens with two attached hydrogens (primary N) is 1. The monoisotopic (exact) mass is 432 g/mol. The fraction of sp³-hybridized carbons (Fsp3) is 0.130. The number of amides is 2. The number of carbonyl (C=O) groups is 2. The molecule has 2 aromatic carbocycles. The van der Waals surface area contributed by atoms with Crippen molar-refractivity contribution in [3.63, 3.8) is 0 Å². The van der Waals surface area contributed by atoms with Crippen molar-refractivity contribution < 1.29 is 9.59 Å². The summed E-state index contributed by atoms with van der Waals surface area (Å²) in [7, 11) is 0. The zero-order valence-corrected chi connectivity index (χ0v) is 17.4. The first-order chi connectivity index (χ1) is 15.0. The number of nitrogens with zero attached hydrogens (tertiary/aromatic N) is 2. The third-order valence-electron chi connectivity index (χ3n) is 4.83. The van der Waals surface area contributed by atoms with E-state index >= 15 is 0 Å². The molecule has 0 atom stereocenters. The van der Waals surface area contributed by atoms with Crippen LogP contribution in [-0.4, -0.2) is 27.7 Å². The number of fused-ring (bicyclic) bond motifs is 1. The van der Waals surface area contributed by atoms with Gasteiger partial charge >= 0.3 is 0 Å². The summed E-state index contributed by atoms with van der Waals surface area (Å²) in [5.74, 6) is -0.977. The Kier molecular flexibility index (Phi) is 5.90. The molecule has 8 heteroatoms. The van der Waals surface area contributed by atoms with E-state index in [4.69, 9.17) is 5.73 Å². The van der Waals surface area contributed by atoms with Gasteiger partial charge in [0.25, 0.3) is 11.5 Å². The van der Waals surface area contributed by atoms with Gasteiger partial charge in [0, 0.05) is 35.8 Å². The van der Waals surface area contributed by atoms with Gasteiger partial charge in [0.15, 0.2) is 4.96 Å². The lowest BCUT2D eigenvalue weighted by Crippen LogP contribution is -2.32. The van der Waals surface area contributed by atoms with Crippen molar-refractivity contribution in [3.05, 3.63) is 104 Å². The second-order valence-corrected chi connectivity index (χ2v) is 8.15. The molecule has 0 aliphatic carbocycles. The third kappa shape index (κ3) is 4.70. The first-order valence-electron chi connectivity index (χ1n) is 9.72. The van der Waals surface area contributed by atoms with E-state index in [1.165, 1.54) is 21.9 Å². The molecule has 2 amide bonds. The Morgan fingerprint density at radius 3 is 2.61 bits per heavy atom. The Morgan fingerprint density at radius 2 is 1.84 bits per heavy atom. The zero-order chi connectivity index (χ0) is 21.8. The van der Waals surface area contributed by atoms with Gasteiger partial charge in [0.05, 0.1) is 0 Å². The van der Waals surface area contributed by atoms with Gasteiger partial charge in [-0.2, -0.15) is 0 Å². The van der Waals surface area contributed by atoms with Crippen molar-refractivity contribution in [1.29, 1.82) is 0 Å². The minimum Gasteiger partial charge on any atom is -0.366 e. The standard InChI is InChI=1S/C23H20N4O3S/c24-20(28)17-8-4-7-16(11-17)9-10-25-21(29)19-13-26-23-27(22(19)30)14-18(31-23)12-15-5-2-1-3-6-15/h1-8,11,13-14H,9-10,12H2,(H2,24,28)(H,25,29). The maximum Gasteiger partial charge on any atom is 0.271 e. The fourth-order valence-electron chi connectivity index (χ4n) is 3.26. The number of nitrogens with one attached hydrogen (secondary N) is 1. The number of aromatic nitrogens is 2. The predicted molar refractivity (Wildman–Crippen MR) is 120 cm³/mol. The molecule has 0 radical (unpaired) electrons. The minimum absolute atomic E-state index is 0.00699. The highest BCUT2D eigenvalue weighted by Gasteiger charge is 2.15. The van der Waals surface area contributed by atoms with Gasteiger partial charge in [-0.25, -0.2) is 4.98 Å².